The number of nitrogens with two attached hydrogens (primary N) is 1. The number of esters is 1. The van der Waals surface area contributed by atoms with Crippen LogP contribution < -0.4 is 5.73 Å². The molecule has 20 heavy (non-hydrogen) atoms. The van der Waals surface area contributed by atoms with Crippen LogP contribution in [0.5, 0.6) is 0 Å². The van der Waals surface area contributed by atoms with Gasteiger partial charge in [0.05, 0.1) is 15.6 Å². The first-order chi connectivity index (χ1) is 9.47. The monoisotopic (exact) mass is 313 g/mol. The maximum absolute atomic E-state index is 12.9. The molecule has 0 aromatic heterocycles. The molecule has 0 atom stereocenters. The number of halogens is 3. The van der Waals surface area contributed by atoms with E-state index in [0.29, 0.717) is 15.6 Å². The summed E-state index contributed by atoms with van der Waals surface area (Å²) in [6.07, 6.45) is 0. The molecule has 0 saturated heterocycles. The van der Waals surface area contributed by atoms with E-state index in [1.807, 2.05) is 0 Å². The zero-order valence-corrected chi connectivity index (χ0v) is 11.7. The highest BCUT2D eigenvalue weighted by molar-refractivity contribution is 6.42. The average molecular weight is 314 g/mol. The van der Waals surface area contributed by atoms with Crippen molar-refractivity contribution in [2.24, 2.45) is 0 Å². The maximum atomic E-state index is 12.9. The van der Waals surface area contributed by atoms with Crippen molar-refractivity contribution in [3.63, 3.8) is 0 Å². The van der Waals surface area contributed by atoms with Crippen molar-refractivity contribution in [3.8, 4) is 0 Å². The van der Waals surface area contributed by atoms with Crippen molar-refractivity contribution in [2.75, 3.05) is 5.73 Å². The number of carbonyl (C=O) groups excluding carboxylic acids is 1. The Balaban J connectivity index is 2.06. The molecule has 2 aromatic rings. The number of nitrogen functional groups attached to an aromatic ring is 1. The fourth-order valence-corrected chi connectivity index (χ4v) is 1.90. The molecule has 0 saturated carbocycles. The lowest BCUT2D eigenvalue weighted by Crippen LogP contribution is -2.08. The quantitative estimate of drug-likeness (QED) is 0.686. The number of hydrogen-bond donors (Lipinski definition) is 1. The zero-order valence-electron chi connectivity index (χ0n) is 10.2. The van der Waals surface area contributed by atoms with Crippen LogP contribution in [0.15, 0.2) is 36.4 Å². The first-order valence-corrected chi connectivity index (χ1v) is 6.39. The van der Waals surface area contributed by atoms with Gasteiger partial charge in [0.1, 0.15) is 12.4 Å². The minimum absolute atomic E-state index is 0.0204. The summed E-state index contributed by atoms with van der Waals surface area (Å²) < 4.78 is 18.0. The van der Waals surface area contributed by atoms with Crippen LogP contribution >= 0.6 is 23.2 Å². The Hall–Kier alpha value is -1.78. The second-order valence-electron chi connectivity index (χ2n) is 4.06. The van der Waals surface area contributed by atoms with Gasteiger partial charge in [-0.15, -0.1) is 0 Å². The average Bonchev–Trinajstić information content (AvgIpc) is 2.40. The third kappa shape index (κ3) is 3.40. The smallest absolute Gasteiger partial charge is 0.340 e. The van der Waals surface area contributed by atoms with Crippen molar-refractivity contribution in [2.45, 2.75) is 6.61 Å². The van der Waals surface area contributed by atoms with E-state index >= 15 is 0 Å². The van der Waals surface area contributed by atoms with Gasteiger partial charge in [-0.1, -0.05) is 29.3 Å². The van der Waals surface area contributed by atoms with Crippen LogP contribution in [0.25, 0.3) is 0 Å². The van der Waals surface area contributed by atoms with E-state index in [9.17, 15) is 9.18 Å². The van der Waals surface area contributed by atoms with Gasteiger partial charge in [-0.25, -0.2) is 9.18 Å². The number of rotatable bonds is 3. The number of hydrogen-bond acceptors (Lipinski definition) is 3. The van der Waals surface area contributed by atoms with Crippen molar-refractivity contribution < 1.29 is 13.9 Å². The third-order valence-electron chi connectivity index (χ3n) is 2.59. The van der Waals surface area contributed by atoms with Crippen LogP contribution in [0.4, 0.5) is 10.1 Å². The van der Waals surface area contributed by atoms with E-state index in [0.717, 1.165) is 12.1 Å². The third-order valence-corrected chi connectivity index (χ3v) is 3.33. The minimum atomic E-state index is -0.631. The van der Waals surface area contributed by atoms with Gasteiger partial charge in [0.15, 0.2) is 0 Å². The van der Waals surface area contributed by atoms with E-state index < -0.39 is 11.8 Å². The van der Waals surface area contributed by atoms with Crippen LogP contribution in [0.3, 0.4) is 0 Å². The molecule has 0 spiro atoms. The number of carbonyl (C=O) groups is 1. The fourth-order valence-electron chi connectivity index (χ4n) is 1.58. The summed E-state index contributed by atoms with van der Waals surface area (Å²) in [5.41, 5.74) is 6.39. The molecule has 0 amide bonds. The summed E-state index contributed by atoms with van der Waals surface area (Å²) >= 11 is 11.6. The molecule has 2 aromatic carbocycles. The van der Waals surface area contributed by atoms with E-state index in [-0.39, 0.29) is 17.9 Å². The Bertz CT molecular complexity index is 662. The van der Waals surface area contributed by atoms with Gasteiger partial charge in [0, 0.05) is 5.69 Å². The number of benzene rings is 2. The molecular formula is C14H10Cl2FNO2. The highest BCUT2D eigenvalue weighted by Gasteiger charge is 2.12. The maximum Gasteiger partial charge on any atom is 0.340 e. The van der Waals surface area contributed by atoms with Crippen molar-refractivity contribution in [1.82, 2.24) is 0 Å². The zero-order chi connectivity index (χ0) is 14.7. The molecular weight excluding hydrogens is 304 g/mol. The molecule has 0 heterocycles. The first-order valence-electron chi connectivity index (χ1n) is 5.63. The molecule has 0 aliphatic carbocycles. The van der Waals surface area contributed by atoms with Gasteiger partial charge < -0.3 is 10.5 Å². The summed E-state index contributed by atoms with van der Waals surface area (Å²) in [5.74, 6) is -1.14. The highest BCUT2D eigenvalue weighted by atomic mass is 35.5. The molecule has 104 valence electrons. The Morgan fingerprint density at radius 1 is 1.15 bits per heavy atom. The number of anilines is 1. The molecule has 2 rings (SSSR count). The van der Waals surface area contributed by atoms with E-state index in [2.05, 4.69) is 0 Å². The lowest BCUT2D eigenvalue weighted by atomic mass is 10.2. The molecule has 3 nitrogen and oxygen atoms in total. The Labute approximate surface area is 125 Å². The second-order valence-corrected chi connectivity index (χ2v) is 4.87. The van der Waals surface area contributed by atoms with Crippen LogP contribution in [-0.4, -0.2) is 5.97 Å². The van der Waals surface area contributed by atoms with Gasteiger partial charge in [-0.3, -0.25) is 0 Å². The largest absolute Gasteiger partial charge is 0.457 e. The van der Waals surface area contributed by atoms with Crippen molar-refractivity contribution >= 4 is 34.9 Å². The predicted molar refractivity (Wildman–Crippen MR) is 76.4 cm³/mol. The molecule has 6 heteroatoms. The predicted octanol–water partition coefficient (Wildman–Crippen LogP) is 4.07. The van der Waals surface area contributed by atoms with Crippen LogP contribution in [0.1, 0.15) is 15.9 Å². The number of ether oxygens (including phenoxy) is 1. The van der Waals surface area contributed by atoms with E-state index in [1.165, 1.54) is 6.07 Å². The Kier molecular flexibility index (Phi) is 4.47. The van der Waals surface area contributed by atoms with Crippen LogP contribution in [0, 0.1) is 5.82 Å². The van der Waals surface area contributed by atoms with Gasteiger partial charge in [-0.2, -0.15) is 0 Å². The molecule has 0 aliphatic rings. The lowest BCUT2D eigenvalue weighted by Gasteiger charge is -2.08. The molecule has 0 fully saturated rings. The van der Waals surface area contributed by atoms with Crippen molar-refractivity contribution in [1.29, 1.82) is 0 Å². The SMILES string of the molecule is Nc1cc(F)ccc1C(=O)OCc1ccc(Cl)c(Cl)c1. The van der Waals surface area contributed by atoms with Crippen molar-refractivity contribution in [3.05, 3.63) is 63.4 Å². The standard InChI is InChI=1S/C14H10Cl2FNO2/c15-11-4-1-8(5-12(11)16)7-20-14(19)10-3-2-9(17)6-13(10)18/h1-6H,7,18H2. The fraction of sp³-hybridized carbons (Fsp3) is 0.0714. The summed E-state index contributed by atoms with van der Waals surface area (Å²) in [7, 11) is 0. The van der Waals surface area contributed by atoms with E-state index in [4.69, 9.17) is 33.7 Å². The summed E-state index contributed by atoms with van der Waals surface area (Å²) in [5, 5.41) is 0.797. The normalized spacial score (nSPS) is 10.3. The first kappa shape index (κ1) is 14.6. The summed E-state index contributed by atoms with van der Waals surface area (Å²) in [4.78, 5) is 11.8. The minimum Gasteiger partial charge on any atom is -0.457 e. The van der Waals surface area contributed by atoms with Gasteiger partial charge in [0.2, 0.25) is 0 Å². The topological polar surface area (TPSA) is 52.3 Å². The molecule has 0 aliphatic heterocycles. The van der Waals surface area contributed by atoms with Gasteiger partial charge >= 0.3 is 5.97 Å². The van der Waals surface area contributed by atoms with E-state index in [1.54, 1.807) is 18.2 Å². The summed E-state index contributed by atoms with van der Waals surface area (Å²) in [6.45, 7) is 0.0204. The lowest BCUT2D eigenvalue weighted by molar-refractivity contribution is 0.0474. The second kappa shape index (κ2) is 6.11. The summed E-state index contributed by atoms with van der Waals surface area (Å²) in [6, 6.07) is 8.39. The van der Waals surface area contributed by atoms with Crippen LogP contribution in [-0.2, 0) is 11.3 Å². The van der Waals surface area contributed by atoms with Crippen LogP contribution in [0.2, 0.25) is 10.0 Å². The van der Waals surface area contributed by atoms with Gasteiger partial charge in [0.25, 0.3) is 0 Å². The molecule has 0 bridgehead atoms. The molecule has 2 N–H and O–H groups in total. The molecule has 0 radical (unpaired) electrons. The Morgan fingerprint density at radius 2 is 1.90 bits per heavy atom. The molecule has 0 unspecified atom stereocenters. The van der Waals surface area contributed by atoms with Gasteiger partial charge in [-0.05, 0) is 35.9 Å². The Morgan fingerprint density at radius 3 is 2.55 bits per heavy atom. The highest BCUT2D eigenvalue weighted by Crippen LogP contribution is 2.23.